The van der Waals surface area contributed by atoms with Gasteiger partial charge in [-0.15, -0.1) is 6.58 Å². The molecule has 0 saturated carbocycles. The van der Waals surface area contributed by atoms with Crippen molar-refractivity contribution in [3.63, 3.8) is 0 Å². The number of hydrogen-bond donors (Lipinski definition) is 1. The van der Waals surface area contributed by atoms with Gasteiger partial charge in [0.1, 0.15) is 0 Å². The van der Waals surface area contributed by atoms with E-state index in [9.17, 15) is 9.90 Å². The predicted molar refractivity (Wildman–Crippen MR) is 123 cm³/mol. The zero-order chi connectivity index (χ0) is 21.1. The van der Waals surface area contributed by atoms with Crippen molar-refractivity contribution < 1.29 is 14.6 Å². The largest absolute Gasteiger partial charge is 0.504 e. The molecule has 1 aliphatic rings. The lowest BCUT2D eigenvalue weighted by atomic mass is 10.2. The van der Waals surface area contributed by atoms with Gasteiger partial charge in [0.25, 0.3) is 5.91 Å². The summed E-state index contributed by atoms with van der Waals surface area (Å²) in [4.78, 5) is 24.3. The first-order chi connectivity index (χ1) is 14.6. The van der Waals surface area contributed by atoms with Crippen LogP contribution in [0.25, 0.3) is 16.3 Å². The highest BCUT2D eigenvalue weighted by atomic mass is 32.2. The second-order valence-corrected chi connectivity index (χ2v) is 8.35. The number of aromatic hydroxyl groups is 1. The van der Waals surface area contributed by atoms with Gasteiger partial charge in [-0.25, -0.2) is 4.98 Å². The fourth-order valence-electron chi connectivity index (χ4n) is 2.91. The lowest BCUT2D eigenvalue weighted by Crippen LogP contribution is -2.29. The molecule has 0 radical (unpaired) electrons. The number of carbonyl (C=O) groups is 1. The summed E-state index contributed by atoms with van der Waals surface area (Å²) in [6.45, 7) is 6.39. The van der Waals surface area contributed by atoms with E-state index < -0.39 is 0 Å². The van der Waals surface area contributed by atoms with Gasteiger partial charge in [-0.05, 0) is 54.6 Å². The Balaban J connectivity index is 1.68. The van der Waals surface area contributed by atoms with E-state index in [2.05, 4.69) is 16.6 Å². The van der Waals surface area contributed by atoms with Crippen LogP contribution in [0.2, 0.25) is 0 Å². The number of nitrogens with zero attached hydrogens (tertiary/aromatic N) is 3. The molecule has 1 fully saturated rings. The molecule has 3 aromatic rings. The Hall–Kier alpha value is -3.10. The topological polar surface area (TPSA) is 75.0 Å². The van der Waals surface area contributed by atoms with Crippen molar-refractivity contribution in [2.75, 3.05) is 13.2 Å². The Bertz CT molecular complexity index is 1150. The molecule has 4 rings (SSSR count). The number of hydrogen-bond acceptors (Lipinski definition) is 7. The van der Waals surface area contributed by atoms with E-state index in [1.807, 2.05) is 31.2 Å². The van der Waals surface area contributed by atoms with Crippen LogP contribution in [0.3, 0.4) is 0 Å². The van der Waals surface area contributed by atoms with Crippen LogP contribution < -0.4 is 4.74 Å². The van der Waals surface area contributed by atoms with Gasteiger partial charge >= 0.3 is 0 Å². The number of amides is 1. The van der Waals surface area contributed by atoms with Crippen LogP contribution in [-0.2, 0) is 4.79 Å². The van der Waals surface area contributed by atoms with Crippen LogP contribution in [0, 0.1) is 0 Å². The van der Waals surface area contributed by atoms with Crippen LogP contribution in [0.15, 0.2) is 65.0 Å². The Morgan fingerprint density at radius 1 is 1.30 bits per heavy atom. The number of phenols is 1. The minimum atomic E-state index is -0.147. The van der Waals surface area contributed by atoms with Crippen molar-refractivity contribution in [2.45, 2.75) is 6.92 Å². The number of thioether (sulfide) groups is 1. The number of ether oxygens (including phenoxy) is 1. The van der Waals surface area contributed by atoms with Gasteiger partial charge < -0.3 is 9.84 Å². The number of phenolic OH excluding ortho intramolecular Hbond substituents is 1. The minimum Gasteiger partial charge on any atom is -0.504 e. The van der Waals surface area contributed by atoms with E-state index in [4.69, 9.17) is 4.74 Å². The third-order valence-electron chi connectivity index (χ3n) is 4.26. The van der Waals surface area contributed by atoms with E-state index in [-0.39, 0.29) is 11.7 Å². The monoisotopic (exact) mass is 437 g/mol. The number of thiazole rings is 1. The van der Waals surface area contributed by atoms with Gasteiger partial charge in [-0.2, -0.15) is 4.99 Å². The zero-order valence-electron chi connectivity index (χ0n) is 16.2. The number of amidine groups is 1. The number of rotatable bonds is 6. The van der Waals surface area contributed by atoms with Crippen molar-refractivity contribution >= 4 is 55.6 Å². The van der Waals surface area contributed by atoms with Gasteiger partial charge in [0.05, 0.1) is 21.7 Å². The van der Waals surface area contributed by atoms with E-state index >= 15 is 0 Å². The molecule has 8 heteroatoms. The first kappa shape index (κ1) is 20.2. The standard InChI is InChI=1S/C22H19N3O3S2/c1-3-11-25-20(27)19(13-14-9-10-16(26)17(12-14)28-4-2)30-22(25)24-21-23-15-7-5-6-8-18(15)29-21/h3,5-10,12-13,26H,1,4,11H2,2H3/b19-13-,24-22-. The molecule has 0 unspecified atom stereocenters. The van der Waals surface area contributed by atoms with E-state index in [1.165, 1.54) is 23.1 Å². The first-order valence-electron chi connectivity index (χ1n) is 9.31. The summed E-state index contributed by atoms with van der Waals surface area (Å²) in [7, 11) is 0. The van der Waals surface area contributed by atoms with Crippen molar-refractivity contribution in [3.05, 3.63) is 65.6 Å². The molecule has 6 nitrogen and oxygen atoms in total. The molecule has 2 heterocycles. The predicted octanol–water partition coefficient (Wildman–Crippen LogP) is 5.19. The number of carbonyl (C=O) groups excluding carboxylic acids is 1. The maximum Gasteiger partial charge on any atom is 0.267 e. The van der Waals surface area contributed by atoms with Crippen LogP contribution in [-0.4, -0.2) is 39.2 Å². The maximum atomic E-state index is 13.0. The second kappa shape index (κ2) is 8.73. The number of aliphatic imine (C=N–C) groups is 1. The Labute approximate surface area is 182 Å². The van der Waals surface area contributed by atoms with Crippen molar-refractivity contribution in [2.24, 2.45) is 4.99 Å². The number of benzene rings is 2. The summed E-state index contributed by atoms with van der Waals surface area (Å²) in [5.74, 6) is 0.301. The SMILES string of the molecule is C=CCN1C(=O)/C(=C/c2ccc(O)c(OCC)c2)S/C1=N\c1nc2ccccc2s1. The van der Waals surface area contributed by atoms with E-state index in [0.717, 1.165) is 15.8 Å². The Morgan fingerprint density at radius 3 is 2.90 bits per heavy atom. The highest BCUT2D eigenvalue weighted by molar-refractivity contribution is 8.18. The summed E-state index contributed by atoms with van der Waals surface area (Å²) in [6, 6.07) is 12.8. The number of fused-ring (bicyclic) bond motifs is 1. The smallest absolute Gasteiger partial charge is 0.267 e. The highest BCUT2D eigenvalue weighted by Crippen LogP contribution is 2.37. The first-order valence-corrected chi connectivity index (χ1v) is 10.9. The molecule has 0 bridgehead atoms. The second-order valence-electron chi connectivity index (χ2n) is 6.33. The molecule has 1 aliphatic heterocycles. The van der Waals surface area contributed by atoms with Crippen molar-refractivity contribution in [1.82, 2.24) is 9.88 Å². The maximum absolute atomic E-state index is 13.0. The minimum absolute atomic E-state index is 0.0655. The molecule has 152 valence electrons. The van der Waals surface area contributed by atoms with Crippen LogP contribution >= 0.6 is 23.1 Å². The Morgan fingerprint density at radius 2 is 2.13 bits per heavy atom. The van der Waals surface area contributed by atoms with E-state index in [1.54, 1.807) is 35.3 Å². The molecule has 0 atom stereocenters. The molecular weight excluding hydrogens is 418 g/mol. The quantitative estimate of drug-likeness (QED) is 0.424. The van der Waals surface area contributed by atoms with Crippen molar-refractivity contribution in [3.8, 4) is 11.5 Å². The average molecular weight is 438 g/mol. The lowest BCUT2D eigenvalue weighted by Gasteiger charge is -2.11. The summed E-state index contributed by atoms with van der Waals surface area (Å²) < 4.78 is 6.48. The molecular formula is C22H19N3O3S2. The third-order valence-corrected chi connectivity index (χ3v) is 6.19. The number of aromatic nitrogens is 1. The van der Waals surface area contributed by atoms with Gasteiger partial charge in [-0.3, -0.25) is 9.69 Å². The molecule has 1 aromatic heterocycles. The Kier molecular flexibility index (Phi) is 5.87. The fourth-order valence-corrected chi connectivity index (χ4v) is 4.80. The number of para-hydroxylation sites is 1. The molecule has 2 aromatic carbocycles. The molecule has 1 amide bonds. The fraction of sp³-hybridized carbons (Fsp3) is 0.136. The molecule has 1 N–H and O–H groups in total. The molecule has 0 spiro atoms. The summed E-state index contributed by atoms with van der Waals surface area (Å²) in [6.07, 6.45) is 3.44. The zero-order valence-corrected chi connectivity index (χ0v) is 17.9. The van der Waals surface area contributed by atoms with Crippen LogP contribution in [0.1, 0.15) is 12.5 Å². The lowest BCUT2D eigenvalue weighted by molar-refractivity contribution is -0.121. The van der Waals surface area contributed by atoms with Gasteiger partial charge in [-0.1, -0.05) is 35.6 Å². The summed E-state index contributed by atoms with van der Waals surface area (Å²) in [5, 5.41) is 11.1. The molecule has 1 saturated heterocycles. The van der Waals surface area contributed by atoms with Crippen molar-refractivity contribution in [1.29, 1.82) is 0 Å². The van der Waals surface area contributed by atoms with Gasteiger partial charge in [0, 0.05) is 6.54 Å². The highest BCUT2D eigenvalue weighted by Gasteiger charge is 2.33. The summed E-state index contributed by atoms with van der Waals surface area (Å²) >= 11 is 2.77. The van der Waals surface area contributed by atoms with Crippen LogP contribution in [0.5, 0.6) is 11.5 Å². The van der Waals surface area contributed by atoms with Gasteiger partial charge in [0.15, 0.2) is 16.7 Å². The van der Waals surface area contributed by atoms with Crippen LogP contribution in [0.4, 0.5) is 5.13 Å². The molecule has 0 aliphatic carbocycles. The van der Waals surface area contributed by atoms with E-state index in [0.29, 0.717) is 34.1 Å². The summed E-state index contributed by atoms with van der Waals surface area (Å²) in [5.41, 5.74) is 1.64. The average Bonchev–Trinajstić information content (AvgIpc) is 3.27. The van der Waals surface area contributed by atoms with Gasteiger partial charge in [0.2, 0.25) is 5.13 Å². The normalized spacial score (nSPS) is 16.7. The molecule has 30 heavy (non-hydrogen) atoms. The third kappa shape index (κ3) is 4.10.